The fourth-order valence-corrected chi connectivity index (χ4v) is 2.57. The van der Waals surface area contributed by atoms with Crippen molar-refractivity contribution >= 4 is 5.91 Å². The van der Waals surface area contributed by atoms with Crippen LogP contribution in [0.25, 0.3) is 0 Å². The van der Waals surface area contributed by atoms with Gasteiger partial charge in [0.15, 0.2) is 11.5 Å². The third-order valence-electron chi connectivity index (χ3n) is 3.71. The van der Waals surface area contributed by atoms with E-state index < -0.39 is 0 Å². The van der Waals surface area contributed by atoms with Crippen LogP contribution in [-0.2, 0) is 0 Å². The highest BCUT2D eigenvalue weighted by molar-refractivity contribution is 5.94. The van der Waals surface area contributed by atoms with E-state index in [9.17, 15) is 9.90 Å². The summed E-state index contributed by atoms with van der Waals surface area (Å²) < 4.78 is 10.5. The number of hydrogen-bond acceptors (Lipinski definition) is 4. The lowest BCUT2D eigenvalue weighted by Crippen LogP contribution is -2.39. The number of hydrogen-bond donors (Lipinski definition) is 1. The van der Waals surface area contributed by atoms with Crippen LogP contribution >= 0.6 is 0 Å². The van der Waals surface area contributed by atoms with Crippen LogP contribution in [0.3, 0.4) is 0 Å². The third kappa shape index (κ3) is 2.38. The molecular formula is C14H17NO4. The number of carbonyl (C=O) groups excluding carboxylic acids is 1. The fourth-order valence-electron chi connectivity index (χ4n) is 2.57. The normalized spacial score (nSPS) is 23.9. The summed E-state index contributed by atoms with van der Waals surface area (Å²) in [5.41, 5.74) is 0.603. The number of nitrogens with zero attached hydrogens (tertiary/aromatic N) is 1. The summed E-state index contributed by atoms with van der Waals surface area (Å²) >= 11 is 0. The van der Waals surface area contributed by atoms with Crippen LogP contribution in [0.4, 0.5) is 0 Å². The fraction of sp³-hybridized carbons (Fsp3) is 0.500. The number of fused-ring (bicyclic) bond motifs is 1. The molecule has 5 nitrogen and oxygen atoms in total. The van der Waals surface area contributed by atoms with E-state index in [1.807, 2.05) is 0 Å². The van der Waals surface area contributed by atoms with Crippen LogP contribution in [0.15, 0.2) is 18.2 Å². The van der Waals surface area contributed by atoms with Gasteiger partial charge in [0.2, 0.25) is 6.79 Å². The standard InChI is InChI=1S/C14H17NO4/c1-15(7-9-4-11(16)5-9)14(17)10-2-3-12-13(6-10)19-8-18-12/h2-3,6,9,11,16H,4-5,7-8H2,1H3. The number of carbonyl (C=O) groups is 1. The maximum absolute atomic E-state index is 12.3. The summed E-state index contributed by atoms with van der Waals surface area (Å²) in [6.07, 6.45) is 1.40. The summed E-state index contributed by atoms with van der Waals surface area (Å²) in [6, 6.07) is 5.23. The number of ether oxygens (including phenoxy) is 2. The van der Waals surface area contributed by atoms with E-state index in [1.165, 1.54) is 0 Å². The number of aliphatic hydroxyl groups excluding tert-OH is 1. The van der Waals surface area contributed by atoms with Gasteiger partial charge >= 0.3 is 0 Å². The molecule has 2 aliphatic rings. The van der Waals surface area contributed by atoms with Gasteiger partial charge in [0.25, 0.3) is 5.91 Å². The van der Waals surface area contributed by atoms with Gasteiger partial charge in [-0.3, -0.25) is 4.79 Å². The van der Waals surface area contributed by atoms with Gasteiger partial charge in [-0.05, 0) is 37.0 Å². The van der Waals surface area contributed by atoms with E-state index in [4.69, 9.17) is 9.47 Å². The maximum atomic E-state index is 12.3. The molecule has 1 saturated carbocycles. The summed E-state index contributed by atoms with van der Waals surface area (Å²) in [5.74, 6) is 1.69. The van der Waals surface area contributed by atoms with Crippen LogP contribution in [0.2, 0.25) is 0 Å². The average molecular weight is 263 g/mol. The zero-order valence-corrected chi connectivity index (χ0v) is 10.8. The van der Waals surface area contributed by atoms with E-state index in [1.54, 1.807) is 30.1 Å². The van der Waals surface area contributed by atoms with Crippen LogP contribution in [0.5, 0.6) is 11.5 Å². The largest absolute Gasteiger partial charge is 0.454 e. The predicted octanol–water partition coefficient (Wildman–Crippen LogP) is 1.26. The minimum Gasteiger partial charge on any atom is -0.454 e. The Kier molecular flexibility index (Phi) is 3.06. The zero-order valence-electron chi connectivity index (χ0n) is 10.8. The van der Waals surface area contributed by atoms with Crippen molar-refractivity contribution in [3.63, 3.8) is 0 Å². The molecule has 0 saturated heterocycles. The monoisotopic (exact) mass is 263 g/mol. The van der Waals surface area contributed by atoms with Crippen molar-refractivity contribution in [3.8, 4) is 11.5 Å². The first-order valence-electron chi connectivity index (χ1n) is 6.46. The molecule has 1 aromatic carbocycles. The number of benzene rings is 1. The van der Waals surface area contributed by atoms with Gasteiger partial charge in [0, 0.05) is 19.2 Å². The molecule has 0 radical (unpaired) electrons. The van der Waals surface area contributed by atoms with Crippen molar-refractivity contribution in [2.75, 3.05) is 20.4 Å². The van der Waals surface area contributed by atoms with E-state index in [2.05, 4.69) is 0 Å². The topological polar surface area (TPSA) is 59.0 Å². The predicted molar refractivity (Wildman–Crippen MR) is 68.3 cm³/mol. The molecule has 1 amide bonds. The van der Waals surface area contributed by atoms with Gasteiger partial charge in [-0.25, -0.2) is 0 Å². The Morgan fingerprint density at radius 2 is 2.11 bits per heavy atom. The minimum absolute atomic E-state index is 0.0281. The minimum atomic E-state index is -0.181. The third-order valence-corrected chi connectivity index (χ3v) is 3.71. The number of aliphatic hydroxyl groups is 1. The maximum Gasteiger partial charge on any atom is 0.253 e. The van der Waals surface area contributed by atoms with Gasteiger partial charge in [-0.2, -0.15) is 0 Å². The average Bonchev–Trinajstić information content (AvgIpc) is 2.83. The van der Waals surface area contributed by atoms with Crippen LogP contribution < -0.4 is 9.47 Å². The quantitative estimate of drug-likeness (QED) is 0.892. The molecule has 1 heterocycles. The second-order valence-electron chi connectivity index (χ2n) is 5.24. The molecule has 0 bridgehead atoms. The van der Waals surface area contributed by atoms with E-state index in [0.717, 1.165) is 12.8 Å². The molecule has 0 atom stereocenters. The van der Waals surface area contributed by atoms with Crippen LogP contribution in [0, 0.1) is 5.92 Å². The van der Waals surface area contributed by atoms with Crippen molar-refractivity contribution in [1.29, 1.82) is 0 Å². The number of amides is 1. The molecular weight excluding hydrogens is 246 g/mol. The summed E-state index contributed by atoms with van der Waals surface area (Å²) in [4.78, 5) is 14.0. The molecule has 5 heteroatoms. The first-order valence-corrected chi connectivity index (χ1v) is 6.46. The first-order chi connectivity index (χ1) is 9.13. The Balaban J connectivity index is 1.66. The van der Waals surface area contributed by atoms with Crippen molar-refractivity contribution < 1.29 is 19.4 Å². The van der Waals surface area contributed by atoms with Gasteiger partial charge in [-0.1, -0.05) is 0 Å². The van der Waals surface area contributed by atoms with Crippen molar-refractivity contribution in [1.82, 2.24) is 4.90 Å². The van der Waals surface area contributed by atoms with Gasteiger partial charge in [0.1, 0.15) is 0 Å². The molecule has 19 heavy (non-hydrogen) atoms. The second kappa shape index (κ2) is 4.74. The molecule has 1 N–H and O–H groups in total. The summed E-state index contributed by atoms with van der Waals surface area (Å²) in [7, 11) is 1.79. The Hall–Kier alpha value is -1.75. The second-order valence-corrected chi connectivity index (χ2v) is 5.24. The molecule has 1 fully saturated rings. The lowest BCUT2D eigenvalue weighted by atomic mass is 9.82. The van der Waals surface area contributed by atoms with Gasteiger partial charge in [-0.15, -0.1) is 0 Å². The van der Waals surface area contributed by atoms with Crippen LogP contribution in [0.1, 0.15) is 23.2 Å². The van der Waals surface area contributed by atoms with E-state index in [-0.39, 0.29) is 18.8 Å². The highest BCUT2D eigenvalue weighted by Gasteiger charge is 2.29. The van der Waals surface area contributed by atoms with Crippen molar-refractivity contribution in [2.24, 2.45) is 5.92 Å². The molecule has 3 rings (SSSR count). The van der Waals surface area contributed by atoms with Gasteiger partial charge in [0.05, 0.1) is 6.10 Å². The molecule has 0 unspecified atom stereocenters. The Morgan fingerprint density at radius 1 is 1.37 bits per heavy atom. The smallest absolute Gasteiger partial charge is 0.253 e. The van der Waals surface area contributed by atoms with Gasteiger partial charge < -0.3 is 19.5 Å². The number of rotatable bonds is 3. The lowest BCUT2D eigenvalue weighted by Gasteiger charge is -2.34. The first kappa shape index (κ1) is 12.3. The molecule has 0 aromatic heterocycles. The Bertz CT molecular complexity index is 496. The summed E-state index contributed by atoms with van der Waals surface area (Å²) in [6.45, 7) is 0.896. The Morgan fingerprint density at radius 3 is 2.84 bits per heavy atom. The van der Waals surface area contributed by atoms with Crippen molar-refractivity contribution in [2.45, 2.75) is 18.9 Å². The molecule has 1 aliphatic carbocycles. The van der Waals surface area contributed by atoms with Crippen molar-refractivity contribution in [3.05, 3.63) is 23.8 Å². The SMILES string of the molecule is CN(CC1CC(O)C1)C(=O)c1ccc2c(c1)OCO2. The lowest BCUT2D eigenvalue weighted by molar-refractivity contribution is 0.0265. The molecule has 102 valence electrons. The zero-order chi connectivity index (χ0) is 13.4. The Labute approximate surface area is 111 Å². The van der Waals surface area contributed by atoms with E-state index >= 15 is 0 Å². The highest BCUT2D eigenvalue weighted by Crippen LogP contribution is 2.33. The molecule has 0 spiro atoms. The van der Waals surface area contributed by atoms with E-state index in [0.29, 0.717) is 29.5 Å². The molecule has 1 aromatic rings. The highest BCUT2D eigenvalue weighted by atomic mass is 16.7. The summed E-state index contributed by atoms with van der Waals surface area (Å²) in [5, 5.41) is 9.26. The van der Waals surface area contributed by atoms with Crippen LogP contribution in [-0.4, -0.2) is 42.4 Å². The molecule has 1 aliphatic heterocycles.